The predicted molar refractivity (Wildman–Crippen MR) is 158 cm³/mol. The predicted octanol–water partition coefficient (Wildman–Crippen LogP) is 7.52. The van der Waals surface area contributed by atoms with Crippen LogP contribution < -0.4 is 10.2 Å². The number of amides is 3. The van der Waals surface area contributed by atoms with Crippen LogP contribution in [-0.4, -0.2) is 34.5 Å². The molecule has 0 aliphatic carbocycles. The van der Waals surface area contributed by atoms with E-state index in [0.717, 1.165) is 46.6 Å². The van der Waals surface area contributed by atoms with Gasteiger partial charge in [0.15, 0.2) is 0 Å². The number of halogens is 1. The molecule has 3 aromatic carbocycles. The molecule has 0 fully saturated rings. The van der Waals surface area contributed by atoms with Crippen molar-refractivity contribution in [3.63, 3.8) is 0 Å². The van der Waals surface area contributed by atoms with Gasteiger partial charge in [-0.15, -0.1) is 0 Å². The number of benzene rings is 3. The van der Waals surface area contributed by atoms with Gasteiger partial charge in [-0.1, -0.05) is 73.0 Å². The molecule has 200 valence electrons. The topological polar surface area (TPSA) is 57.6 Å². The summed E-state index contributed by atoms with van der Waals surface area (Å²) in [6, 6.07) is 25.0. The lowest BCUT2D eigenvalue weighted by molar-refractivity contribution is -0.119. The Bertz CT molecular complexity index is 1510. The molecule has 39 heavy (non-hydrogen) atoms. The number of carbonyl (C=O) groups is 2. The minimum Gasteiger partial charge on any atom is -0.316 e. The van der Waals surface area contributed by atoms with E-state index in [2.05, 4.69) is 48.0 Å². The number of para-hydroxylation sites is 2. The molecule has 3 amide bonds. The summed E-state index contributed by atoms with van der Waals surface area (Å²) in [5.41, 5.74) is 6.44. The molecular formula is C32H33ClN4O2. The van der Waals surface area contributed by atoms with Crippen molar-refractivity contribution in [1.82, 2.24) is 9.47 Å². The van der Waals surface area contributed by atoms with Gasteiger partial charge in [0.25, 0.3) is 0 Å². The number of fused-ring (bicyclic) bond motifs is 3. The van der Waals surface area contributed by atoms with Crippen molar-refractivity contribution >= 4 is 34.9 Å². The lowest BCUT2D eigenvalue weighted by Crippen LogP contribution is -2.48. The van der Waals surface area contributed by atoms with Crippen LogP contribution in [0.3, 0.4) is 0 Å². The van der Waals surface area contributed by atoms with Crippen molar-refractivity contribution in [3.05, 3.63) is 112 Å². The maximum atomic E-state index is 14.3. The van der Waals surface area contributed by atoms with Crippen molar-refractivity contribution in [2.24, 2.45) is 0 Å². The molecule has 1 N–H and O–H groups in total. The first kappa shape index (κ1) is 26.6. The van der Waals surface area contributed by atoms with Gasteiger partial charge in [-0.2, -0.15) is 0 Å². The Morgan fingerprint density at radius 2 is 1.74 bits per heavy atom. The fourth-order valence-electron chi connectivity index (χ4n) is 5.13. The molecule has 5 rings (SSSR count). The summed E-state index contributed by atoms with van der Waals surface area (Å²) in [6.45, 7) is 6.45. The fraction of sp³-hybridized carbons (Fsp3) is 0.250. The fourth-order valence-corrected chi connectivity index (χ4v) is 5.31. The quantitative estimate of drug-likeness (QED) is 0.263. The number of anilines is 2. The first-order valence-electron chi connectivity index (χ1n) is 13.3. The summed E-state index contributed by atoms with van der Waals surface area (Å²) < 4.78 is 2.15. The number of hydrogen-bond acceptors (Lipinski definition) is 2. The highest BCUT2D eigenvalue weighted by molar-refractivity contribution is 6.31. The third kappa shape index (κ3) is 5.43. The van der Waals surface area contributed by atoms with Gasteiger partial charge in [-0.25, -0.2) is 4.79 Å². The van der Waals surface area contributed by atoms with Gasteiger partial charge in [-0.05, 0) is 67.8 Å². The number of urea groups is 1. The minimum absolute atomic E-state index is 0.0528. The van der Waals surface area contributed by atoms with E-state index in [1.54, 1.807) is 11.0 Å². The minimum atomic E-state index is -0.325. The van der Waals surface area contributed by atoms with E-state index in [9.17, 15) is 9.59 Å². The van der Waals surface area contributed by atoms with E-state index in [0.29, 0.717) is 17.3 Å². The molecule has 1 aliphatic heterocycles. The number of carbonyl (C=O) groups excluding carboxylic acids is 2. The van der Waals surface area contributed by atoms with Crippen LogP contribution in [0.2, 0.25) is 5.02 Å². The van der Waals surface area contributed by atoms with E-state index < -0.39 is 0 Å². The summed E-state index contributed by atoms with van der Waals surface area (Å²) in [5.74, 6) is -0.144. The average molecular weight is 541 g/mol. The number of aromatic nitrogens is 1. The molecule has 6 nitrogen and oxygen atoms in total. The second-order valence-electron chi connectivity index (χ2n) is 10.0. The third-order valence-electron chi connectivity index (χ3n) is 7.16. The Balaban J connectivity index is 1.50. The number of unbranched alkanes of at least 4 members (excludes halogenated alkanes) is 1. The van der Waals surface area contributed by atoms with Gasteiger partial charge in [0.05, 0.1) is 17.1 Å². The van der Waals surface area contributed by atoms with Crippen LogP contribution in [0.5, 0.6) is 0 Å². The van der Waals surface area contributed by atoms with Crippen LogP contribution in [0, 0.1) is 13.8 Å². The van der Waals surface area contributed by atoms with Crippen molar-refractivity contribution in [3.8, 4) is 5.69 Å². The normalized spacial score (nSPS) is 13.9. The van der Waals surface area contributed by atoms with Crippen molar-refractivity contribution in [2.75, 3.05) is 23.3 Å². The summed E-state index contributed by atoms with van der Waals surface area (Å²) in [6.07, 6.45) is 3.73. The van der Waals surface area contributed by atoms with E-state index in [1.165, 1.54) is 0 Å². The average Bonchev–Trinajstić information content (AvgIpc) is 3.42. The largest absolute Gasteiger partial charge is 0.322 e. The number of nitrogens with one attached hydrogen (secondary N) is 1. The first-order chi connectivity index (χ1) is 18.9. The van der Waals surface area contributed by atoms with E-state index in [-0.39, 0.29) is 24.5 Å². The first-order valence-corrected chi connectivity index (χ1v) is 13.7. The molecule has 0 saturated carbocycles. The molecule has 0 radical (unpaired) electrons. The van der Waals surface area contributed by atoms with Gasteiger partial charge in [0.1, 0.15) is 12.6 Å². The van der Waals surface area contributed by atoms with Gasteiger partial charge in [-0.3, -0.25) is 9.69 Å². The van der Waals surface area contributed by atoms with Crippen LogP contribution in [0.4, 0.5) is 16.2 Å². The molecule has 0 spiro atoms. The van der Waals surface area contributed by atoms with Gasteiger partial charge >= 0.3 is 6.03 Å². The Kier molecular flexibility index (Phi) is 7.75. The molecular weight excluding hydrogens is 508 g/mol. The maximum Gasteiger partial charge on any atom is 0.322 e. The molecule has 1 aliphatic rings. The van der Waals surface area contributed by atoms with Crippen molar-refractivity contribution in [2.45, 2.75) is 39.7 Å². The summed E-state index contributed by atoms with van der Waals surface area (Å²) in [5, 5.41) is 3.52. The van der Waals surface area contributed by atoms with Crippen molar-refractivity contribution in [1.29, 1.82) is 0 Å². The molecule has 1 unspecified atom stereocenters. The Hall–Kier alpha value is -4.03. The van der Waals surface area contributed by atoms with Gasteiger partial charge in [0, 0.05) is 23.5 Å². The molecule has 0 saturated heterocycles. The second-order valence-corrected chi connectivity index (χ2v) is 10.4. The van der Waals surface area contributed by atoms with E-state index >= 15 is 0 Å². The van der Waals surface area contributed by atoms with Gasteiger partial charge in [0.2, 0.25) is 5.91 Å². The highest BCUT2D eigenvalue weighted by Crippen LogP contribution is 2.42. The number of nitrogens with zero attached hydrogens (tertiary/aromatic N) is 3. The molecule has 7 heteroatoms. The van der Waals surface area contributed by atoms with Crippen LogP contribution in [-0.2, 0) is 4.79 Å². The van der Waals surface area contributed by atoms with Crippen molar-refractivity contribution < 1.29 is 9.59 Å². The molecule has 2 heterocycles. The second kappa shape index (κ2) is 11.4. The van der Waals surface area contributed by atoms with Gasteiger partial charge < -0.3 is 14.8 Å². The lowest BCUT2D eigenvalue weighted by Gasteiger charge is -2.39. The van der Waals surface area contributed by atoms with Crippen LogP contribution in [0.25, 0.3) is 5.69 Å². The summed E-state index contributed by atoms with van der Waals surface area (Å²) >= 11 is 6.28. The monoisotopic (exact) mass is 540 g/mol. The van der Waals surface area contributed by atoms with Crippen LogP contribution in [0.15, 0.2) is 85.1 Å². The van der Waals surface area contributed by atoms with Crippen LogP contribution >= 0.6 is 11.6 Å². The Morgan fingerprint density at radius 1 is 0.949 bits per heavy atom. The maximum absolute atomic E-state index is 14.3. The standard InChI is InChI=1S/C32H33ClN4O2/c1-4-5-17-35(32(39)34-25-16-15-23(3)26(33)20-25)21-30(38)37-28-13-7-6-12-27(28)36-18-9-14-29(36)31(37)24-11-8-10-22(2)19-24/h6-16,18-20,31H,4-5,17,21H2,1-3H3,(H,34,39). The summed E-state index contributed by atoms with van der Waals surface area (Å²) in [4.78, 5) is 31.1. The highest BCUT2D eigenvalue weighted by Gasteiger charge is 2.37. The lowest BCUT2D eigenvalue weighted by atomic mass is 9.96. The SMILES string of the molecule is CCCCN(CC(=O)N1c2ccccc2-n2cccc2C1c1cccc(C)c1)C(=O)Nc1ccc(C)c(Cl)c1. The Labute approximate surface area is 234 Å². The molecule has 1 atom stereocenters. The number of aryl methyl sites for hydroxylation is 2. The van der Waals surface area contributed by atoms with E-state index in [1.807, 2.05) is 66.6 Å². The Morgan fingerprint density at radius 3 is 2.49 bits per heavy atom. The zero-order valence-corrected chi connectivity index (χ0v) is 23.3. The number of rotatable bonds is 7. The number of hydrogen-bond donors (Lipinski definition) is 1. The molecule has 1 aromatic heterocycles. The zero-order chi connectivity index (χ0) is 27.5. The van der Waals surface area contributed by atoms with Crippen LogP contribution in [0.1, 0.15) is 48.2 Å². The molecule has 4 aromatic rings. The molecule has 0 bridgehead atoms. The third-order valence-corrected chi connectivity index (χ3v) is 7.57. The smallest absolute Gasteiger partial charge is 0.316 e. The summed E-state index contributed by atoms with van der Waals surface area (Å²) in [7, 11) is 0. The highest BCUT2D eigenvalue weighted by atomic mass is 35.5. The van der Waals surface area contributed by atoms with E-state index in [4.69, 9.17) is 11.6 Å². The zero-order valence-electron chi connectivity index (χ0n) is 22.5.